The molecule has 6 heteroatoms. The van der Waals surface area contributed by atoms with E-state index in [1.807, 2.05) is 35.2 Å². The molecule has 0 N–H and O–H groups in total. The summed E-state index contributed by atoms with van der Waals surface area (Å²) in [5, 5.41) is 9.28. The van der Waals surface area contributed by atoms with Gasteiger partial charge in [-0.2, -0.15) is 5.26 Å². The average molecular weight is 334 g/mol. The summed E-state index contributed by atoms with van der Waals surface area (Å²) in [6.45, 7) is 2.30. The molecule has 1 saturated heterocycles. The average Bonchev–Trinajstić information content (AvgIpc) is 2.79. The number of hydrogen-bond acceptors (Lipinski definition) is 3. The summed E-state index contributed by atoms with van der Waals surface area (Å²) in [4.78, 5) is 27.6. The van der Waals surface area contributed by atoms with Gasteiger partial charge in [0.1, 0.15) is 6.42 Å². The largest absolute Gasteiger partial charge is 0.341 e. The molecule has 1 heterocycles. The van der Waals surface area contributed by atoms with Gasteiger partial charge in [0, 0.05) is 37.6 Å². The summed E-state index contributed by atoms with van der Waals surface area (Å²) in [5.74, 6) is -0.0553. The predicted octanol–water partition coefficient (Wildman–Crippen LogP) is 2.25. The lowest BCUT2D eigenvalue weighted by molar-refractivity contribution is -0.133. The Morgan fingerprint density at radius 3 is 2.48 bits per heavy atom. The molecule has 5 nitrogen and oxygen atoms in total. The number of rotatable bonds is 4. The first-order chi connectivity index (χ1) is 11.1. The molecule has 0 bridgehead atoms. The van der Waals surface area contributed by atoms with E-state index in [0.29, 0.717) is 44.0 Å². The summed E-state index contributed by atoms with van der Waals surface area (Å²) >= 11 is 5.95. The highest BCUT2D eigenvalue weighted by atomic mass is 35.5. The van der Waals surface area contributed by atoms with Gasteiger partial charge >= 0.3 is 0 Å². The van der Waals surface area contributed by atoms with E-state index < -0.39 is 0 Å². The molecule has 0 aliphatic carbocycles. The zero-order chi connectivity index (χ0) is 16.7. The molecule has 1 aromatic carbocycles. The topological polar surface area (TPSA) is 64.4 Å². The third-order valence-electron chi connectivity index (χ3n) is 3.95. The minimum atomic E-state index is -0.152. The number of hydrogen-bond donors (Lipinski definition) is 0. The molecule has 2 rings (SSSR count). The third-order valence-corrected chi connectivity index (χ3v) is 4.18. The first kappa shape index (κ1) is 17.3. The van der Waals surface area contributed by atoms with Gasteiger partial charge in [-0.25, -0.2) is 0 Å². The number of halogens is 1. The van der Waals surface area contributed by atoms with Gasteiger partial charge < -0.3 is 9.80 Å². The van der Waals surface area contributed by atoms with Gasteiger partial charge in [0.2, 0.25) is 11.8 Å². The lowest BCUT2D eigenvalue weighted by Crippen LogP contribution is -2.37. The standard InChI is InChI=1S/C17H20ClN3O2/c18-15-4-1-3-14(13-15)5-6-16(22)20-9-2-10-21(12-11-20)17(23)7-8-19/h1,3-4,13H,2,5-7,9-12H2. The van der Waals surface area contributed by atoms with Crippen molar-refractivity contribution in [2.24, 2.45) is 0 Å². The van der Waals surface area contributed by atoms with E-state index in [0.717, 1.165) is 12.0 Å². The van der Waals surface area contributed by atoms with Crippen LogP contribution >= 0.6 is 11.6 Å². The maximum absolute atomic E-state index is 12.3. The number of carbonyl (C=O) groups is 2. The van der Waals surface area contributed by atoms with Crippen LogP contribution in [0.25, 0.3) is 0 Å². The highest BCUT2D eigenvalue weighted by molar-refractivity contribution is 6.30. The molecule has 23 heavy (non-hydrogen) atoms. The van der Waals surface area contributed by atoms with Crippen LogP contribution in [0.15, 0.2) is 24.3 Å². The van der Waals surface area contributed by atoms with Crippen molar-refractivity contribution in [2.75, 3.05) is 26.2 Å². The Hall–Kier alpha value is -2.06. The molecule has 1 fully saturated rings. The van der Waals surface area contributed by atoms with Crippen LogP contribution in [-0.2, 0) is 16.0 Å². The van der Waals surface area contributed by atoms with Crippen molar-refractivity contribution >= 4 is 23.4 Å². The Bertz CT molecular complexity index is 612. The summed E-state index contributed by atoms with van der Waals surface area (Å²) in [7, 11) is 0. The Morgan fingerprint density at radius 1 is 1.13 bits per heavy atom. The van der Waals surface area contributed by atoms with Crippen LogP contribution in [0.2, 0.25) is 5.02 Å². The summed E-state index contributed by atoms with van der Waals surface area (Å²) in [6, 6.07) is 9.41. The SMILES string of the molecule is N#CCC(=O)N1CCCN(C(=O)CCc2cccc(Cl)c2)CC1. The van der Waals surface area contributed by atoms with Crippen LogP contribution in [0.3, 0.4) is 0 Å². The lowest BCUT2D eigenvalue weighted by atomic mass is 10.1. The number of carbonyl (C=O) groups excluding carboxylic acids is 2. The van der Waals surface area contributed by atoms with Crippen molar-refractivity contribution in [3.63, 3.8) is 0 Å². The van der Waals surface area contributed by atoms with Crippen LogP contribution in [0.5, 0.6) is 0 Å². The number of aryl methyl sites for hydroxylation is 1. The lowest BCUT2D eigenvalue weighted by Gasteiger charge is -2.21. The maximum atomic E-state index is 12.3. The fourth-order valence-electron chi connectivity index (χ4n) is 2.70. The minimum absolute atomic E-state index is 0.0945. The van der Waals surface area contributed by atoms with Crippen molar-refractivity contribution in [3.8, 4) is 6.07 Å². The van der Waals surface area contributed by atoms with E-state index in [1.54, 1.807) is 4.90 Å². The molecule has 122 valence electrons. The molecule has 1 aliphatic heterocycles. The molecule has 2 amide bonds. The highest BCUT2D eigenvalue weighted by Gasteiger charge is 2.21. The molecule has 0 saturated carbocycles. The molecule has 0 unspecified atom stereocenters. The third kappa shape index (κ3) is 5.26. The Balaban J connectivity index is 1.83. The van der Waals surface area contributed by atoms with Gasteiger partial charge in [-0.05, 0) is 30.5 Å². The van der Waals surface area contributed by atoms with Gasteiger partial charge in [0.05, 0.1) is 6.07 Å². The van der Waals surface area contributed by atoms with Crippen LogP contribution in [0, 0.1) is 11.3 Å². The molecule has 0 aromatic heterocycles. The van der Waals surface area contributed by atoms with Gasteiger partial charge in [-0.1, -0.05) is 23.7 Å². The fraction of sp³-hybridized carbons (Fsp3) is 0.471. The van der Waals surface area contributed by atoms with Crippen molar-refractivity contribution in [1.82, 2.24) is 9.80 Å². The van der Waals surface area contributed by atoms with Crippen LogP contribution in [0.1, 0.15) is 24.8 Å². The predicted molar refractivity (Wildman–Crippen MR) is 87.8 cm³/mol. The smallest absolute Gasteiger partial charge is 0.236 e. The fourth-order valence-corrected chi connectivity index (χ4v) is 2.91. The monoisotopic (exact) mass is 333 g/mol. The van der Waals surface area contributed by atoms with E-state index in [1.165, 1.54) is 0 Å². The number of nitrogens with zero attached hydrogens (tertiary/aromatic N) is 3. The van der Waals surface area contributed by atoms with Crippen LogP contribution in [0.4, 0.5) is 0 Å². The molecule has 1 aromatic rings. The second-order valence-corrected chi connectivity index (χ2v) is 6.02. The maximum Gasteiger partial charge on any atom is 0.236 e. The molecule has 1 aliphatic rings. The molecular weight excluding hydrogens is 314 g/mol. The highest BCUT2D eigenvalue weighted by Crippen LogP contribution is 2.13. The van der Waals surface area contributed by atoms with E-state index in [2.05, 4.69) is 0 Å². The first-order valence-electron chi connectivity index (χ1n) is 7.77. The van der Waals surface area contributed by atoms with E-state index in [9.17, 15) is 9.59 Å². The normalized spacial score (nSPS) is 15.0. The zero-order valence-electron chi connectivity index (χ0n) is 13.0. The Kier molecular flexibility index (Phi) is 6.42. The van der Waals surface area contributed by atoms with Gasteiger partial charge in [0.15, 0.2) is 0 Å². The van der Waals surface area contributed by atoms with Gasteiger partial charge in [0.25, 0.3) is 0 Å². The number of benzene rings is 1. The molecule has 0 radical (unpaired) electrons. The van der Waals surface area contributed by atoms with Crippen LogP contribution < -0.4 is 0 Å². The summed E-state index contributed by atoms with van der Waals surface area (Å²) in [6.07, 6.45) is 1.75. The molecular formula is C17H20ClN3O2. The summed E-state index contributed by atoms with van der Waals surface area (Å²) < 4.78 is 0. The van der Waals surface area contributed by atoms with Crippen LogP contribution in [-0.4, -0.2) is 47.8 Å². The Labute approximate surface area is 141 Å². The van der Waals surface area contributed by atoms with Crippen molar-refractivity contribution in [1.29, 1.82) is 5.26 Å². The molecule has 0 atom stereocenters. The quantitative estimate of drug-likeness (QED) is 0.848. The first-order valence-corrected chi connectivity index (χ1v) is 8.15. The zero-order valence-corrected chi connectivity index (χ0v) is 13.8. The van der Waals surface area contributed by atoms with E-state index in [-0.39, 0.29) is 18.2 Å². The van der Waals surface area contributed by atoms with Gasteiger partial charge in [-0.15, -0.1) is 0 Å². The minimum Gasteiger partial charge on any atom is -0.341 e. The molecule has 0 spiro atoms. The second-order valence-electron chi connectivity index (χ2n) is 5.58. The van der Waals surface area contributed by atoms with Crippen molar-refractivity contribution in [2.45, 2.75) is 25.7 Å². The van der Waals surface area contributed by atoms with E-state index >= 15 is 0 Å². The number of amides is 2. The summed E-state index contributed by atoms with van der Waals surface area (Å²) in [5.41, 5.74) is 1.05. The Morgan fingerprint density at radius 2 is 1.83 bits per heavy atom. The van der Waals surface area contributed by atoms with Gasteiger partial charge in [-0.3, -0.25) is 9.59 Å². The van der Waals surface area contributed by atoms with Crippen molar-refractivity contribution < 1.29 is 9.59 Å². The second kappa shape index (κ2) is 8.54. The van der Waals surface area contributed by atoms with E-state index in [4.69, 9.17) is 16.9 Å². The van der Waals surface area contributed by atoms with Crippen molar-refractivity contribution in [3.05, 3.63) is 34.9 Å². The number of nitriles is 1.